The first kappa shape index (κ1) is 24.1. The molecule has 1 aliphatic carbocycles. The van der Waals surface area contributed by atoms with Crippen LogP contribution in [0.2, 0.25) is 0 Å². The van der Waals surface area contributed by atoms with E-state index in [-0.39, 0.29) is 30.1 Å². The van der Waals surface area contributed by atoms with Crippen molar-refractivity contribution in [2.24, 2.45) is 0 Å². The number of rotatable bonds is 7. The second kappa shape index (κ2) is 11.0. The summed E-state index contributed by atoms with van der Waals surface area (Å²) in [5, 5.41) is 7.09. The fourth-order valence-corrected chi connectivity index (χ4v) is 5.44. The molecule has 1 atom stereocenters. The molecule has 2 aromatic carbocycles. The van der Waals surface area contributed by atoms with Gasteiger partial charge in [-0.1, -0.05) is 37.5 Å². The van der Waals surface area contributed by atoms with E-state index in [1.54, 1.807) is 17.0 Å². The summed E-state index contributed by atoms with van der Waals surface area (Å²) in [5.41, 5.74) is 4.19. The lowest BCUT2D eigenvalue weighted by Crippen LogP contribution is -2.47. The zero-order chi connectivity index (χ0) is 24.1. The molecule has 1 N–H and O–H groups in total. The molecule has 4 rings (SSSR count). The molecule has 3 aromatic rings. The summed E-state index contributed by atoms with van der Waals surface area (Å²) in [6, 6.07) is 12.9. The van der Waals surface area contributed by atoms with Crippen LogP contribution in [-0.2, 0) is 16.0 Å². The van der Waals surface area contributed by atoms with E-state index in [0.29, 0.717) is 11.3 Å². The van der Waals surface area contributed by atoms with Crippen LogP contribution in [-0.4, -0.2) is 17.9 Å². The summed E-state index contributed by atoms with van der Waals surface area (Å²) in [6.45, 7) is 3.96. The molecular formula is C28H31FN2O2S. The van der Waals surface area contributed by atoms with Crippen molar-refractivity contribution in [1.29, 1.82) is 0 Å². The molecule has 0 unspecified atom stereocenters. The van der Waals surface area contributed by atoms with Gasteiger partial charge in [0.05, 0.1) is 6.42 Å². The average Bonchev–Trinajstić information content (AvgIpc) is 3.31. The van der Waals surface area contributed by atoms with Crippen molar-refractivity contribution in [3.8, 4) is 0 Å². The molecule has 6 heteroatoms. The molecule has 0 aliphatic heterocycles. The minimum atomic E-state index is -0.894. The summed E-state index contributed by atoms with van der Waals surface area (Å²) in [7, 11) is 0. The Labute approximate surface area is 204 Å². The third kappa shape index (κ3) is 5.92. The van der Waals surface area contributed by atoms with Crippen LogP contribution in [0, 0.1) is 19.7 Å². The van der Waals surface area contributed by atoms with Crippen LogP contribution in [0.15, 0.2) is 59.3 Å². The van der Waals surface area contributed by atoms with E-state index in [0.717, 1.165) is 42.4 Å². The van der Waals surface area contributed by atoms with Crippen molar-refractivity contribution in [3.63, 3.8) is 0 Å². The Balaban J connectivity index is 1.77. The topological polar surface area (TPSA) is 49.4 Å². The van der Waals surface area contributed by atoms with Crippen LogP contribution in [0.5, 0.6) is 0 Å². The molecule has 1 heterocycles. The van der Waals surface area contributed by atoms with Gasteiger partial charge in [0.15, 0.2) is 0 Å². The number of thiophene rings is 1. The maximum Gasteiger partial charge on any atom is 0.248 e. The summed E-state index contributed by atoms with van der Waals surface area (Å²) in [6.07, 6.45) is 5.42. The highest BCUT2D eigenvalue weighted by atomic mass is 32.1. The minimum absolute atomic E-state index is 0.0947. The summed E-state index contributed by atoms with van der Waals surface area (Å²) >= 11 is 1.54. The molecule has 0 saturated heterocycles. The molecule has 1 aliphatic rings. The Morgan fingerprint density at radius 2 is 1.71 bits per heavy atom. The monoisotopic (exact) mass is 478 g/mol. The normalized spacial score (nSPS) is 15.0. The maximum absolute atomic E-state index is 13.8. The van der Waals surface area contributed by atoms with Crippen molar-refractivity contribution in [2.45, 2.75) is 64.5 Å². The highest BCUT2D eigenvalue weighted by Gasteiger charge is 2.34. The zero-order valence-corrected chi connectivity index (χ0v) is 20.5. The van der Waals surface area contributed by atoms with Crippen LogP contribution in [0.3, 0.4) is 0 Å². The predicted molar refractivity (Wildman–Crippen MR) is 136 cm³/mol. The van der Waals surface area contributed by atoms with E-state index in [2.05, 4.69) is 5.32 Å². The van der Waals surface area contributed by atoms with Gasteiger partial charge in [-0.05, 0) is 90.0 Å². The van der Waals surface area contributed by atoms with Crippen molar-refractivity contribution in [1.82, 2.24) is 5.32 Å². The maximum atomic E-state index is 13.8. The molecule has 178 valence electrons. The van der Waals surface area contributed by atoms with Gasteiger partial charge in [-0.25, -0.2) is 4.39 Å². The SMILES string of the molecule is Cc1cc(C)cc(N(C(=O)Cc2ccsc2)[C@H](C(=O)NC2CCCCC2)c2ccc(F)cc2)c1. The van der Waals surface area contributed by atoms with Crippen molar-refractivity contribution >= 4 is 28.8 Å². The first-order chi connectivity index (χ1) is 16.4. The van der Waals surface area contributed by atoms with E-state index in [4.69, 9.17) is 0 Å². The highest BCUT2D eigenvalue weighted by molar-refractivity contribution is 7.08. The fourth-order valence-electron chi connectivity index (χ4n) is 4.77. The van der Waals surface area contributed by atoms with Gasteiger partial charge >= 0.3 is 0 Å². The zero-order valence-electron chi connectivity index (χ0n) is 19.7. The summed E-state index contributed by atoms with van der Waals surface area (Å²) in [5.74, 6) is -0.773. The molecule has 2 amide bonds. The number of amides is 2. The Kier molecular flexibility index (Phi) is 7.78. The lowest BCUT2D eigenvalue weighted by molar-refractivity contribution is -0.127. The van der Waals surface area contributed by atoms with Crippen molar-refractivity contribution in [2.75, 3.05) is 4.90 Å². The van der Waals surface area contributed by atoms with Gasteiger partial charge in [-0.2, -0.15) is 11.3 Å². The predicted octanol–water partition coefficient (Wildman–Crippen LogP) is 6.27. The Bertz CT molecular complexity index is 1100. The number of benzene rings is 2. The number of carbonyl (C=O) groups excluding carboxylic acids is 2. The number of nitrogens with zero attached hydrogens (tertiary/aromatic N) is 1. The number of hydrogen-bond acceptors (Lipinski definition) is 3. The van der Waals surface area contributed by atoms with Crippen LogP contribution in [0.4, 0.5) is 10.1 Å². The molecule has 0 bridgehead atoms. The highest BCUT2D eigenvalue weighted by Crippen LogP contribution is 2.31. The quantitative estimate of drug-likeness (QED) is 0.435. The summed E-state index contributed by atoms with van der Waals surface area (Å²) in [4.78, 5) is 29.2. The number of hydrogen-bond donors (Lipinski definition) is 1. The number of halogens is 1. The Hall–Kier alpha value is -2.99. The van der Waals surface area contributed by atoms with Gasteiger partial charge in [-0.15, -0.1) is 0 Å². The minimum Gasteiger partial charge on any atom is -0.351 e. The lowest BCUT2D eigenvalue weighted by Gasteiger charge is -2.34. The lowest BCUT2D eigenvalue weighted by atomic mass is 9.94. The molecule has 0 radical (unpaired) electrons. The molecule has 34 heavy (non-hydrogen) atoms. The standard InChI is InChI=1S/C28H31FN2O2S/c1-19-14-20(2)16-25(15-19)31(26(32)17-21-12-13-34-18-21)27(22-8-10-23(29)11-9-22)28(33)30-24-6-4-3-5-7-24/h8-16,18,24,27H,3-7,17H2,1-2H3,(H,30,33)/t27-/m0/s1. The Morgan fingerprint density at radius 3 is 2.32 bits per heavy atom. The van der Waals surface area contributed by atoms with Crippen LogP contribution < -0.4 is 10.2 Å². The van der Waals surface area contributed by atoms with Gasteiger partial charge in [0.1, 0.15) is 11.9 Å². The third-order valence-corrected chi connectivity index (χ3v) is 7.06. The fraction of sp³-hybridized carbons (Fsp3) is 0.357. The van der Waals surface area contributed by atoms with Gasteiger partial charge in [0, 0.05) is 11.7 Å². The second-order valence-corrected chi connectivity index (χ2v) is 10.00. The van der Waals surface area contributed by atoms with Crippen molar-refractivity contribution < 1.29 is 14.0 Å². The third-order valence-electron chi connectivity index (χ3n) is 6.33. The average molecular weight is 479 g/mol. The number of carbonyl (C=O) groups is 2. The van der Waals surface area contributed by atoms with E-state index < -0.39 is 6.04 Å². The number of nitrogens with one attached hydrogen (secondary N) is 1. The molecular weight excluding hydrogens is 447 g/mol. The van der Waals surface area contributed by atoms with Crippen LogP contribution in [0.1, 0.15) is 60.4 Å². The van der Waals surface area contributed by atoms with E-state index in [9.17, 15) is 14.0 Å². The van der Waals surface area contributed by atoms with Gasteiger partial charge < -0.3 is 5.32 Å². The first-order valence-corrected chi connectivity index (χ1v) is 12.8. The molecule has 1 fully saturated rings. The molecule has 0 spiro atoms. The Morgan fingerprint density at radius 1 is 1.03 bits per heavy atom. The van der Waals surface area contributed by atoms with Crippen LogP contribution >= 0.6 is 11.3 Å². The summed E-state index contributed by atoms with van der Waals surface area (Å²) < 4.78 is 13.8. The van der Waals surface area contributed by atoms with E-state index in [1.807, 2.05) is 48.9 Å². The first-order valence-electron chi connectivity index (χ1n) is 11.9. The van der Waals surface area contributed by atoms with Gasteiger partial charge in [0.2, 0.25) is 11.8 Å². The number of anilines is 1. The smallest absolute Gasteiger partial charge is 0.248 e. The molecule has 1 aromatic heterocycles. The van der Waals surface area contributed by atoms with Crippen LogP contribution in [0.25, 0.3) is 0 Å². The second-order valence-electron chi connectivity index (χ2n) is 9.22. The van der Waals surface area contributed by atoms with Crippen molar-refractivity contribution in [3.05, 3.63) is 87.4 Å². The van der Waals surface area contributed by atoms with E-state index in [1.165, 1.54) is 29.9 Å². The number of aryl methyl sites for hydroxylation is 2. The van der Waals surface area contributed by atoms with Gasteiger partial charge in [0.25, 0.3) is 0 Å². The molecule has 4 nitrogen and oxygen atoms in total. The largest absolute Gasteiger partial charge is 0.351 e. The molecule has 1 saturated carbocycles. The van der Waals surface area contributed by atoms with E-state index >= 15 is 0 Å². The van der Waals surface area contributed by atoms with Gasteiger partial charge in [-0.3, -0.25) is 14.5 Å².